The Bertz CT molecular complexity index is 1490. The largest absolute Gasteiger partial charge is 0.494 e. The molecule has 0 radical (unpaired) electrons. The third-order valence-corrected chi connectivity index (χ3v) is 7.57. The number of hydrogen-bond donors (Lipinski definition) is 2. The average Bonchev–Trinajstić information content (AvgIpc) is 3.36. The van der Waals surface area contributed by atoms with Crippen molar-refractivity contribution in [1.29, 1.82) is 0 Å². The van der Waals surface area contributed by atoms with Crippen LogP contribution in [0.2, 0.25) is 0 Å². The number of aromatic nitrogens is 4. The first-order valence-electron chi connectivity index (χ1n) is 12.2. The maximum Gasteiger partial charge on any atom is 0.243 e. The molecule has 0 amide bonds. The molecule has 2 heterocycles. The number of pyridine rings is 1. The number of rotatable bonds is 12. The van der Waals surface area contributed by atoms with Crippen molar-refractivity contribution in [1.82, 2.24) is 25.1 Å². The standard InChI is InChI=1S/C26H34N8O5S/c1-16(2)15-29-24(28-5)22(27-4)17(3)40(35,36)33-26-32-31-25(18-11-9-14-21(30-18)39-8)34(26)23-19(37-6)12-10-13-20(23)38-7/h9-15,17,22,27H,5H2,1-4,6-8H3,(H,32,33)/b29-24-/t17-,22+/m1/s1. The minimum absolute atomic E-state index is 0.113. The fourth-order valence-electron chi connectivity index (χ4n) is 3.82. The van der Waals surface area contributed by atoms with Gasteiger partial charge in [-0.15, -0.1) is 10.2 Å². The molecule has 14 heteroatoms. The maximum absolute atomic E-state index is 13.7. The summed E-state index contributed by atoms with van der Waals surface area (Å²) in [5.41, 5.74) is 1.66. The molecule has 2 N–H and O–H groups in total. The van der Waals surface area contributed by atoms with E-state index in [4.69, 9.17) is 14.2 Å². The quantitative estimate of drug-likeness (QED) is 0.247. The van der Waals surface area contributed by atoms with Crippen molar-refractivity contribution in [2.75, 3.05) is 33.1 Å². The summed E-state index contributed by atoms with van der Waals surface area (Å²) in [5, 5.41) is 10.4. The van der Waals surface area contributed by atoms with E-state index in [0.29, 0.717) is 28.8 Å². The number of nitrogens with zero attached hydrogens (tertiary/aromatic N) is 6. The Morgan fingerprint density at radius 2 is 1.70 bits per heavy atom. The summed E-state index contributed by atoms with van der Waals surface area (Å²) in [7, 11) is 1.97. The molecule has 0 aliphatic heterocycles. The highest BCUT2D eigenvalue weighted by molar-refractivity contribution is 7.93. The normalized spacial score (nSPS) is 13.2. The monoisotopic (exact) mass is 570 g/mol. The summed E-state index contributed by atoms with van der Waals surface area (Å²) in [6.07, 6.45) is 1.60. The first-order valence-corrected chi connectivity index (χ1v) is 13.7. The van der Waals surface area contributed by atoms with Gasteiger partial charge in [0.25, 0.3) is 0 Å². The number of amidine groups is 1. The lowest BCUT2D eigenvalue weighted by molar-refractivity contribution is 0.391. The zero-order valence-electron chi connectivity index (χ0n) is 23.5. The number of hydrogen-bond acceptors (Lipinski definition) is 10. The molecule has 1 aromatic carbocycles. The van der Waals surface area contributed by atoms with Crippen LogP contribution in [-0.4, -0.2) is 80.4 Å². The minimum Gasteiger partial charge on any atom is -0.494 e. The Kier molecular flexibility index (Phi) is 9.96. The Hall–Kier alpha value is -4.30. The Balaban J connectivity index is 2.20. The number of ether oxygens (including phenoxy) is 3. The van der Waals surface area contributed by atoms with Crippen molar-refractivity contribution >= 4 is 28.5 Å². The fraction of sp³-hybridized carbons (Fsp3) is 0.346. The smallest absolute Gasteiger partial charge is 0.243 e. The summed E-state index contributed by atoms with van der Waals surface area (Å²) in [4.78, 5) is 12.7. The van der Waals surface area contributed by atoms with Crippen LogP contribution in [0, 0.1) is 0 Å². The molecule has 0 unspecified atom stereocenters. The molecule has 40 heavy (non-hydrogen) atoms. The van der Waals surface area contributed by atoms with Gasteiger partial charge in [0.05, 0.1) is 27.4 Å². The zero-order chi connectivity index (χ0) is 29.4. The van der Waals surface area contributed by atoms with Gasteiger partial charge in [0, 0.05) is 12.3 Å². The molecule has 3 rings (SSSR count). The number of aliphatic imine (C=N–C) groups is 2. The second kappa shape index (κ2) is 13.2. The van der Waals surface area contributed by atoms with Crippen LogP contribution in [0.3, 0.4) is 0 Å². The predicted molar refractivity (Wildman–Crippen MR) is 156 cm³/mol. The number of benzene rings is 1. The molecule has 2 atom stereocenters. The molecule has 0 saturated carbocycles. The summed E-state index contributed by atoms with van der Waals surface area (Å²) in [5.74, 6) is 1.44. The third kappa shape index (κ3) is 6.46. The summed E-state index contributed by atoms with van der Waals surface area (Å²) < 4.78 is 48.0. The van der Waals surface area contributed by atoms with Gasteiger partial charge in [-0.05, 0) is 52.7 Å². The van der Waals surface area contributed by atoms with Gasteiger partial charge >= 0.3 is 0 Å². The molecular weight excluding hydrogens is 536 g/mol. The van der Waals surface area contributed by atoms with Gasteiger partial charge in [-0.2, -0.15) is 0 Å². The highest BCUT2D eigenvalue weighted by Crippen LogP contribution is 2.37. The number of anilines is 1. The number of sulfonamides is 1. The van der Waals surface area contributed by atoms with Crippen molar-refractivity contribution in [2.24, 2.45) is 9.98 Å². The van der Waals surface area contributed by atoms with Gasteiger partial charge in [-0.1, -0.05) is 17.7 Å². The molecular formula is C26H34N8O5S. The average molecular weight is 571 g/mol. The van der Waals surface area contributed by atoms with Gasteiger partial charge in [0.15, 0.2) is 5.82 Å². The molecule has 0 saturated heterocycles. The zero-order valence-corrected chi connectivity index (χ0v) is 24.4. The Morgan fingerprint density at radius 1 is 1.05 bits per heavy atom. The Morgan fingerprint density at radius 3 is 2.25 bits per heavy atom. The second-order valence-electron chi connectivity index (χ2n) is 8.73. The van der Waals surface area contributed by atoms with Gasteiger partial charge in [-0.25, -0.2) is 23.4 Å². The SMILES string of the molecule is C=N/C(=N\C=C(C)C)[C@@H](NC)[C@@H](C)S(=O)(=O)Nc1nnc(-c2cccc(OC)n2)n1-c1c(OC)cccc1OC. The number of likely N-dealkylation sites (N-methyl/N-ethyl adjacent to an activating group) is 1. The van der Waals surface area contributed by atoms with Crippen LogP contribution in [0.25, 0.3) is 17.2 Å². The van der Waals surface area contributed by atoms with E-state index in [1.807, 2.05) is 13.8 Å². The second-order valence-corrected chi connectivity index (χ2v) is 10.8. The number of allylic oxidation sites excluding steroid dienone is 1. The van der Waals surface area contributed by atoms with E-state index in [1.165, 1.54) is 32.8 Å². The van der Waals surface area contributed by atoms with Crippen LogP contribution >= 0.6 is 0 Å². The van der Waals surface area contributed by atoms with Crippen LogP contribution in [0.4, 0.5) is 5.95 Å². The van der Waals surface area contributed by atoms with Crippen molar-refractivity contribution < 1.29 is 22.6 Å². The molecule has 0 fully saturated rings. The van der Waals surface area contributed by atoms with Crippen molar-refractivity contribution in [3.8, 4) is 34.6 Å². The van der Waals surface area contributed by atoms with E-state index in [0.717, 1.165) is 5.57 Å². The van der Waals surface area contributed by atoms with Crippen LogP contribution in [0.15, 0.2) is 58.2 Å². The first-order chi connectivity index (χ1) is 19.1. The number of nitrogens with one attached hydrogen (secondary N) is 2. The van der Waals surface area contributed by atoms with E-state index < -0.39 is 21.3 Å². The van der Waals surface area contributed by atoms with E-state index in [-0.39, 0.29) is 17.6 Å². The molecule has 2 aromatic heterocycles. The van der Waals surface area contributed by atoms with Crippen molar-refractivity contribution in [3.05, 3.63) is 48.2 Å². The van der Waals surface area contributed by atoms with E-state index in [9.17, 15) is 8.42 Å². The predicted octanol–water partition coefficient (Wildman–Crippen LogP) is 3.10. The number of methoxy groups -OCH3 is 3. The molecule has 0 bridgehead atoms. The third-order valence-electron chi connectivity index (χ3n) is 5.85. The van der Waals surface area contributed by atoms with Gasteiger partial charge < -0.3 is 19.5 Å². The van der Waals surface area contributed by atoms with Crippen molar-refractivity contribution in [2.45, 2.75) is 32.1 Å². The molecule has 13 nitrogen and oxygen atoms in total. The van der Waals surface area contributed by atoms with Gasteiger partial charge in [0.1, 0.15) is 34.0 Å². The van der Waals surface area contributed by atoms with E-state index in [2.05, 4.69) is 41.9 Å². The highest BCUT2D eigenvalue weighted by Gasteiger charge is 2.34. The lowest BCUT2D eigenvalue weighted by atomic mass is 10.2. The minimum atomic E-state index is -4.12. The molecule has 0 aliphatic carbocycles. The summed E-state index contributed by atoms with van der Waals surface area (Å²) in [6.45, 7) is 8.83. The van der Waals surface area contributed by atoms with Gasteiger partial charge in [-0.3, -0.25) is 9.29 Å². The van der Waals surface area contributed by atoms with Crippen LogP contribution in [0.1, 0.15) is 20.8 Å². The van der Waals surface area contributed by atoms with Crippen LogP contribution in [0.5, 0.6) is 17.4 Å². The maximum atomic E-state index is 13.7. The van der Waals surface area contributed by atoms with E-state index in [1.54, 1.807) is 49.6 Å². The molecule has 214 valence electrons. The summed E-state index contributed by atoms with van der Waals surface area (Å²) in [6, 6.07) is 9.49. The number of para-hydroxylation sites is 1. The molecule has 0 aliphatic rings. The van der Waals surface area contributed by atoms with Crippen molar-refractivity contribution in [3.63, 3.8) is 0 Å². The van der Waals surface area contributed by atoms with Crippen LogP contribution < -0.4 is 24.2 Å². The highest BCUT2D eigenvalue weighted by atomic mass is 32.2. The fourth-order valence-corrected chi connectivity index (χ4v) is 5.01. The van der Waals surface area contributed by atoms with E-state index >= 15 is 0 Å². The Labute approximate surface area is 234 Å². The topological polar surface area (TPSA) is 154 Å². The van der Waals surface area contributed by atoms with Crippen LogP contribution in [-0.2, 0) is 10.0 Å². The summed E-state index contributed by atoms with van der Waals surface area (Å²) >= 11 is 0. The lowest BCUT2D eigenvalue weighted by Gasteiger charge is -2.24. The molecule has 0 spiro atoms. The first kappa shape index (κ1) is 30.2. The molecule has 3 aromatic rings. The van der Waals surface area contributed by atoms with Gasteiger partial charge in [0.2, 0.25) is 21.9 Å². The lowest BCUT2D eigenvalue weighted by Crippen LogP contribution is -2.47.